The van der Waals surface area contributed by atoms with Crippen LogP contribution in [0.15, 0.2) is 48.8 Å². The Bertz CT molecular complexity index is 974. The molecule has 8 heteroatoms. The fraction of sp³-hybridized carbons (Fsp3) is 0.158. The Morgan fingerprint density at radius 1 is 0.815 bits per heavy atom. The topological polar surface area (TPSA) is 44.2 Å². The molecule has 3 rings (SSSR count). The second-order valence-electron chi connectivity index (χ2n) is 5.55. The van der Waals surface area contributed by atoms with Crippen LogP contribution < -0.4 is 9.47 Å². The molecule has 0 saturated heterocycles. The van der Waals surface area contributed by atoms with Gasteiger partial charge in [0.15, 0.2) is 0 Å². The van der Waals surface area contributed by atoms with Gasteiger partial charge in [0.2, 0.25) is 0 Å². The summed E-state index contributed by atoms with van der Waals surface area (Å²) in [7, 11) is 3.00. The lowest BCUT2D eigenvalue weighted by Crippen LogP contribution is -2.05. The first kappa shape index (κ1) is 18.6. The van der Waals surface area contributed by atoms with Crippen molar-refractivity contribution in [1.82, 2.24) is 9.97 Å². The maximum Gasteiger partial charge on any atom is 0.416 e. The Kier molecular flexibility index (Phi) is 4.98. The smallest absolute Gasteiger partial charge is 0.416 e. The lowest BCUT2D eigenvalue weighted by Gasteiger charge is -2.12. The van der Waals surface area contributed by atoms with E-state index < -0.39 is 17.6 Å². The number of rotatable bonds is 4. The lowest BCUT2D eigenvalue weighted by molar-refractivity contribution is -0.137. The zero-order valence-electron chi connectivity index (χ0n) is 14.3. The van der Waals surface area contributed by atoms with Gasteiger partial charge in [-0.3, -0.25) is 0 Å². The Balaban J connectivity index is 2.05. The molecular weight excluding hydrogens is 364 g/mol. The average Bonchev–Trinajstić information content (AvgIpc) is 2.66. The summed E-state index contributed by atoms with van der Waals surface area (Å²) in [5.74, 6) is 0.0433. The van der Waals surface area contributed by atoms with Crippen LogP contribution in [-0.2, 0) is 6.18 Å². The minimum Gasteiger partial charge on any atom is -0.497 e. The number of methoxy groups -OCH3 is 2. The SMILES string of the molecule is COc1ccc(-c2cc(-c3ccc(C(F)(F)F)cc3F)ncn2)c(OC)c1. The first-order valence-corrected chi connectivity index (χ1v) is 7.75. The molecule has 0 unspecified atom stereocenters. The third-order valence-corrected chi connectivity index (χ3v) is 3.92. The van der Waals surface area contributed by atoms with Crippen molar-refractivity contribution in [3.05, 3.63) is 60.2 Å². The van der Waals surface area contributed by atoms with Crippen LogP contribution in [0, 0.1) is 5.82 Å². The monoisotopic (exact) mass is 378 g/mol. The van der Waals surface area contributed by atoms with Crippen LogP contribution in [0.5, 0.6) is 11.5 Å². The highest BCUT2D eigenvalue weighted by molar-refractivity contribution is 5.72. The highest BCUT2D eigenvalue weighted by Crippen LogP contribution is 2.35. The number of nitrogens with zero attached hydrogens (tertiary/aromatic N) is 2. The summed E-state index contributed by atoms with van der Waals surface area (Å²) in [4.78, 5) is 8.13. The zero-order valence-corrected chi connectivity index (χ0v) is 14.3. The molecule has 0 spiro atoms. The number of benzene rings is 2. The molecule has 3 aromatic rings. The van der Waals surface area contributed by atoms with Gasteiger partial charge in [0.05, 0.1) is 31.2 Å². The minimum absolute atomic E-state index is 0.0564. The van der Waals surface area contributed by atoms with E-state index in [-0.39, 0.29) is 11.3 Å². The molecule has 1 aromatic heterocycles. The van der Waals surface area contributed by atoms with Crippen LogP contribution in [0.1, 0.15) is 5.56 Å². The van der Waals surface area contributed by atoms with Crippen LogP contribution in [0.25, 0.3) is 22.5 Å². The summed E-state index contributed by atoms with van der Waals surface area (Å²) in [5, 5.41) is 0. The van der Waals surface area contributed by atoms with Gasteiger partial charge in [0.25, 0.3) is 0 Å². The van der Waals surface area contributed by atoms with Gasteiger partial charge in [-0.05, 0) is 36.4 Å². The van der Waals surface area contributed by atoms with Crippen molar-refractivity contribution in [3.63, 3.8) is 0 Å². The summed E-state index contributed by atoms with van der Waals surface area (Å²) in [6.45, 7) is 0. The van der Waals surface area contributed by atoms with E-state index in [0.29, 0.717) is 28.8 Å². The molecule has 0 saturated carbocycles. The number of ether oxygens (including phenoxy) is 2. The van der Waals surface area contributed by atoms with Crippen LogP contribution in [0.2, 0.25) is 0 Å². The Labute approximate surface area is 152 Å². The molecule has 140 valence electrons. The summed E-state index contributed by atoms with van der Waals surface area (Å²) < 4.78 is 62.9. The van der Waals surface area contributed by atoms with Gasteiger partial charge in [-0.25, -0.2) is 14.4 Å². The molecule has 0 radical (unpaired) electrons. The first-order chi connectivity index (χ1) is 12.8. The van der Waals surface area contributed by atoms with Crippen molar-refractivity contribution in [2.75, 3.05) is 14.2 Å². The molecule has 1 heterocycles. The standard InChI is InChI=1S/C19H14F4N2O2/c1-26-12-4-6-14(18(8-12)27-2)17-9-16(24-10-25-17)13-5-3-11(7-15(13)20)19(21,22)23/h3-10H,1-2H3. The number of hydrogen-bond donors (Lipinski definition) is 0. The molecule has 0 amide bonds. The maximum atomic E-state index is 14.2. The van der Waals surface area contributed by atoms with Gasteiger partial charge in [0.1, 0.15) is 23.6 Å². The molecular formula is C19H14F4N2O2. The van der Waals surface area contributed by atoms with E-state index >= 15 is 0 Å². The van der Waals surface area contributed by atoms with Gasteiger partial charge < -0.3 is 9.47 Å². The van der Waals surface area contributed by atoms with Crippen molar-refractivity contribution in [3.8, 4) is 34.0 Å². The van der Waals surface area contributed by atoms with E-state index in [1.54, 1.807) is 18.2 Å². The summed E-state index contributed by atoms with van der Waals surface area (Å²) in [6, 6.07) is 8.88. The van der Waals surface area contributed by atoms with Crippen molar-refractivity contribution in [2.45, 2.75) is 6.18 Å². The van der Waals surface area contributed by atoms with Gasteiger partial charge in [-0.1, -0.05) is 0 Å². The van der Waals surface area contributed by atoms with E-state index in [4.69, 9.17) is 9.47 Å². The second-order valence-corrected chi connectivity index (χ2v) is 5.55. The van der Waals surface area contributed by atoms with E-state index in [1.807, 2.05) is 0 Å². The summed E-state index contributed by atoms with van der Waals surface area (Å²) >= 11 is 0. The zero-order chi connectivity index (χ0) is 19.6. The molecule has 27 heavy (non-hydrogen) atoms. The Morgan fingerprint density at radius 2 is 1.48 bits per heavy atom. The first-order valence-electron chi connectivity index (χ1n) is 7.75. The fourth-order valence-corrected chi connectivity index (χ4v) is 2.56. The number of halogens is 4. The molecule has 0 fully saturated rings. The average molecular weight is 378 g/mol. The third kappa shape index (κ3) is 3.84. The van der Waals surface area contributed by atoms with Crippen molar-refractivity contribution < 1.29 is 27.0 Å². The quantitative estimate of drug-likeness (QED) is 0.601. The molecule has 0 aliphatic rings. The van der Waals surface area contributed by atoms with Crippen molar-refractivity contribution in [1.29, 1.82) is 0 Å². The fourth-order valence-electron chi connectivity index (χ4n) is 2.56. The minimum atomic E-state index is -4.62. The van der Waals surface area contributed by atoms with E-state index in [2.05, 4.69) is 9.97 Å². The summed E-state index contributed by atoms with van der Waals surface area (Å²) in [5.41, 5.74) is 0.0751. The third-order valence-electron chi connectivity index (χ3n) is 3.92. The van der Waals surface area contributed by atoms with Crippen LogP contribution in [0.3, 0.4) is 0 Å². The van der Waals surface area contributed by atoms with Crippen LogP contribution in [-0.4, -0.2) is 24.2 Å². The van der Waals surface area contributed by atoms with Crippen molar-refractivity contribution >= 4 is 0 Å². The van der Waals surface area contributed by atoms with E-state index in [9.17, 15) is 17.6 Å². The molecule has 2 aromatic carbocycles. The Morgan fingerprint density at radius 3 is 2.07 bits per heavy atom. The Hall–Kier alpha value is -3.16. The molecule has 0 aliphatic carbocycles. The second kappa shape index (κ2) is 7.22. The van der Waals surface area contributed by atoms with Crippen molar-refractivity contribution in [2.24, 2.45) is 0 Å². The molecule has 0 bridgehead atoms. The van der Waals surface area contributed by atoms with Gasteiger partial charge >= 0.3 is 6.18 Å². The summed E-state index contributed by atoms with van der Waals surface area (Å²) in [6.07, 6.45) is -3.40. The maximum absolute atomic E-state index is 14.2. The number of aromatic nitrogens is 2. The van der Waals surface area contributed by atoms with E-state index in [0.717, 1.165) is 12.1 Å². The van der Waals surface area contributed by atoms with Crippen LogP contribution in [0.4, 0.5) is 17.6 Å². The molecule has 0 aliphatic heterocycles. The van der Waals surface area contributed by atoms with Gasteiger partial charge in [-0.15, -0.1) is 0 Å². The normalized spacial score (nSPS) is 11.3. The van der Waals surface area contributed by atoms with Gasteiger partial charge in [0, 0.05) is 17.2 Å². The van der Waals surface area contributed by atoms with Crippen LogP contribution >= 0.6 is 0 Å². The molecule has 4 nitrogen and oxygen atoms in total. The predicted octanol–water partition coefficient (Wildman–Crippen LogP) is 4.99. The predicted molar refractivity (Wildman–Crippen MR) is 91.0 cm³/mol. The van der Waals surface area contributed by atoms with E-state index in [1.165, 1.54) is 26.6 Å². The molecule has 0 atom stereocenters. The number of hydrogen-bond acceptors (Lipinski definition) is 4. The molecule has 0 N–H and O–H groups in total. The number of alkyl halides is 3. The van der Waals surface area contributed by atoms with Gasteiger partial charge in [-0.2, -0.15) is 13.2 Å². The highest BCUT2D eigenvalue weighted by atomic mass is 19.4. The highest BCUT2D eigenvalue weighted by Gasteiger charge is 2.31. The largest absolute Gasteiger partial charge is 0.497 e. The lowest BCUT2D eigenvalue weighted by atomic mass is 10.0.